The lowest BCUT2D eigenvalue weighted by molar-refractivity contribution is -0.122. The maximum absolute atomic E-state index is 13.4. The number of carbonyl (C=O) groups is 1. The number of hydrogen-bond acceptors (Lipinski definition) is 3. The highest BCUT2D eigenvalue weighted by Crippen LogP contribution is 2.37. The molecule has 0 aliphatic carbocycles. The smallest absolute Gasteiger partial charge is 0.227 e. The van der Waals surface area contributed by atoms with Gasteiger partial charge in [0.25, 0.3) is 0 Å². The lowest BCUT2D eigenvalue weighted by Crippen LogP contribution is -2.50. The first kappa shape index (κ1) is 23.5. The number of nitrogens with one attached hydrogen (secondary N) is 2. The fourth-order valence-electron chi connectivity index (χ4n) is 5.18. The molecule has 0 bridgehead atoms. The number of carbonyl (C=O) groups excluding carboxylic acids is 1. The predicted octanol–water partition coefficient (Wildman–Crippen LogP) is 4.47. The maximum atomic E-state index is 13.4. The van der Waals surface area contributed by atoms with Crippen LogP contribution in [0.5, 0.6) is 0 Å². The van der Waals surface area contributed by atoms with E-state index in [4.69, 9.17) is 0 Å². The monoisotopic (exact) mass is 450 g/mol. The molecule has 0 saturated carbocycles. The zero-order chi connectivity index (χ0) is 23.4. The fourth-order valence-corrected chi connectivity index (χ4v) is 5.18. The molecule has 1 unspecified atom stereocenters. The number of likely N-dealkylation sites (tertiary alicyclic amines) is 1. The zero-order valence-electron chi connectivity index (χ0n) is 19.9. The number of rotatable bonds is 8. The Morgan fingerprint density at radius 3 is 2.61 bits per heavy atom. The van der Waals surface area contributed by atoms with Crippen LogP contribution in [0.4, 0.5) is 4.39 Å². The molecule has 176 valence electrons. The minimum absolute atomic E-state index is 0.00886. The van der Waals surface area contributed by atoms with Crippen LogP contribution in [-0.2, 0) is 10.3 Å². The maximum Gasteiger partial charge on any atom is 0.227 e. The highest BCUT2D eigenvalue weighted by atomic mass is 19.1. The standard InChI is InChI=1S/C27H35FN4O/c1-20(24-19-30-25-18-22(28)10-11-23(24)25)26(33)29-14-7-15-32-16-12-27(13-17-32,31(2)3)21-8-5-4-6-9-21/h4-6,8-11,18-20,30H,7,12-17H2,1-3H3,(H,29,33). The lowest BCUT2D eigenvalue weighted by atomic mass is 9.80. The van der Waals surface area contributed by atoms with Crippen LogP contribution in [-0.4, -0.2) is 61.0 Å². The van der Waals surface area contributed by atoms with Crippen LogP contribution >= 0.6 is 0 Å². The van der Waals surface area contributed by atoms with E-state index < -0.39 is 0 Å². The normalized spacial score (nSPS) is 17.4. The van der Waals surface area contributed by atoms with Gasteiger partial charge in [-0.05, 0) is 76.2 Å². The van der Waals surface area contributed by atoms with Gasteiger partial charge in [0.05, 0.1) is 5.92 Å². The van der Waals surface area contributed by atoms with Crippen molar-refractivity contribution in [1.82, 2.24) is 20.1 Å². The number of nitrogens with zero attached hydrogens (tertiary/aromatic N) is 2. The molecule has 1 aromatic heterocycles. The number of fused-ring (bicyclic) bond motifs is 1. The largest absolute Gasteiger partial charge is 0.361 e. The third kappa shape index (κ3) is 4.97. The van der Waals surface area contributed by atoms with E-state index in [9.17, 15) is 9.18 Å². The first-order chi connectivity index (χ1) is 15.9. The number of hydrogen-bond donors (Lipinski definition) is 2. The van der Waals surface area contributed by atoms with Gasteiger partial charge in [-0.1, -0.05) is 30.3 Å². The molecule has 2 N–H and O–H groups in total. The summed E-state index contributed by atoms with van der Waals surface area (Å²) in [6, 6.07) is 15.5. The molecular formula is C27H35FN4O. The number of benzene rings is 2. The summed E-state index contributed by atoms with van der Waals surface area (Å²) in [6.45, 7) is 5.66. The summed E-state index contributed by atoms with van der Waals surface area (Å²) >= 11 is 0. The van der Waals surface area contributed by atoms with E-state index in [0.29, 0.717) is 6.54 Å². The summed E-state index contributed by atoms with van der Waals surface area (Å²) < 4.78 is 13.4. The summed E-state index contributed by atoms with van der Waals surface area (Å²) in [7, 11) is 4.37. The second-order valence-corrected chi connectivity index (χ2v) is 9.43. The third-order valence-electron chi connectivity index (χ3n) is 7.34. The number of aromatic amines is 1. The fraction of sp³-hybridized carbons (Fsp3) is 0.444. The van der Waals surface area contributed by atoms with Crippen LogP contribution in [0.15, 0.2) is 54.7 Å². The number of piperidine rings is 1. The van der Waals surface area contributed by atoms with Crippen molar-refractivity contribution in [2.75, 3.05) is 40.3 Å². The third-order valence-corrected chi connectivity index (χ3v) is 7.34. The van der Waals surface area contributed by atoms with Gasteiger partial charge >= 0.3 is 0 Å². The average Bonchev–Trinajstić information content (AvgIpc) is 3.25. The molecule has 1 saturated heterocycles. The SMILES string of the molecule is CC(C(=O)NCCCN1CCC(c2ccccc2)(N(C)C)CC1)c1c[nH]c2cc(F)ccc12. The Morgan fingerprint density at radius 2 is 1.91 bits per heavy atom. The zero-order valence-corrected chi connectivity index (χ0v) is 19.9. The van der Waals surface area contributed by atoms with Crippen LogP contribution in [0.3, 0.4) is 0 Å². The van der Waals surface area contributed by atoms with Gasteiger partial charge in [0.1, 0.15) is 5.82 Å². The van der Waals surface area contributed by atoms with Gasteiger partial charge in [0, 0.05) is 42.3 Å². The molecule has 5 nitrogen and oxygen atoms in total. The predicted molar refractivity (Wildman–Crippen MR) is 132 cm³/mol. The molecule has 2 aromatic carbocycles. The van der Waals surface area contributed by atoms with Gasteiger partial charge < -0.3 is 15.2 Å². The first-order valence-corrected chi connectivity index (χ1v) is 11.9. The Balaban J connectivity index is 1.24. The van der Waals surface area contributed by atoms with Crippen LogP contribution in [0.1, 0.15) is 43.2 Å². The van der Waals surface area contributed by atoms with E-state index >= 15 is 0 Å². The Hall–Kier alpha value is -2.70. The minimum Gasteiger partial charge on any atom is -0.361 e. The van der Waals surface area contributed by atoms with E-state index in [1.165, 1.54) is 17.7 Å². The van der Waals surface area contributed by atoms with Crippen molar-refractivity contribution < 1.29 is 9.18 Å². The molecule has 1 aliphatic rings. The van der Waals surface area contributed by atoms with E-state index in [0.717, 1.165) is 55.4 Å². The molecule has 0 radical (unpaired) electrons. The molecule has 0 spiro atoms. The quantitative estimate of drug-likeness (QED) is 0.498. The number of H-pyrrole nitrogens is 1. The molecule has 1 atom stereocenters. The van der Waals surface area contributed by atoms with Gasteiger partial charge in [-0.25, -0.2) is 4.39 Å². The molecule has 2 heterocycles. The molecule has 4 rings (SSSR count). The van der Waals surface area contributed by atoms with Crippen LogP contribution in [0.2, 0.25) is 0 Å². The molecule has 6 heteroatoms. The number of halogens is 1. The Bertz CT molecular complexity index is 1070. The number of aromatic nitrogens is 1. The Labute approximate surface area is 196 Å². The summed E-state index contributed by atoms with van der Waals surface area (Å²) in [5, 5.41) is 3.98. The van der Waals surface area contributed by atoms with Crippen molar-refractivity contribution in [3.63, 3.8) is 0 Å². The molecule has 1 fully saturated rings. The van der Waals surface area contributed by atoms with Crippen LogP contribution < -0.4 is 5.32 Å². The Kier molecular flexibility index (Phi) is 7.15. The molecule has 1 amide bonds. The van der Waals surface area contributed by atoms with Gasteiger partial charge in [0.15, 0.2) is 0 Å². The highest BCUT2D eigenvalue weighted by molar-refractivity contribution is 5.91. The van der Waals surface area contributed by atoms with Crippen LogP contribution in [0, 0.1) is 5.82 Å². The van der Waals surface area contributed by atoms with Gasteiger partial charge in [-0.3, -0.25) is 9.69 Å². The molecule has 3 aromatic rings. The average molecular weight is 451 g/mol. The molecule has 33 heavy (non-hydrogen) atoms. The topological polar surface area (TPSA) is 51.4 Å². The second kappa shape index (κ2) is 10.1. The van der Waals surface area contributed by atoms with Gasteiger partial charge in [0.2, 0.25) is 5.91 Å². The summed E-state index contributed by atoms with van der Waals surface area (Å²) in [6.07, 6.45) is 4.95. The van der Waals surface area contributed by atoms with Crippen molar-refractivity contribution in [3.8, 4) is 0 Å². The van der Waals surface area contributed by atoms with E-state index in [1.807, 2.05) is 13.1 Å². The van der Waals surface area contributed by atoms with Crippen molar-refractivity contribution in [3.05, 3.63) is 71.7 Å². The van der Waals surface area contributed by atoms with Crippen LogP contribution in [0.25, 0.3) is 10.9 Å². The summed E-state index contributed by atoms with van der Waals surface area (Å²) in [5.41, 5.74) is 3.12. The second-order valence-electron chi connectivity index (χ2n) is 9.43. The first-order valence-electron chi connectivity index (χ1n) is 11.9. The van der Waals surface area contributed by atoms with Gasteiger partial charge in [-0.2, -0.15) is 0 Å². The van der Waals surface area contributed by atoms with E-state index in [-0.39, 0.29) is 23.2 Å². The van der Waals surface area contributed by atoms with Crippen molar-refractivity contribution >= 4 is 16.8 Å². The van der Waals surface area contributed by atoms with Crippen molar-refractivity contribution in [1.29, 1.82) is 0 Å². The number of amides is 1. The van der Waals surface area contributed by atoms with E-state index in [2.05, 4.69) is 64.5 Å². The summed E-state index contributed by atoms with van der Waals surface area (Å²) in [5.74, 6) is -0.558. The minimum atomic E-state index is -0.286. The molecular weight excluding hydrogens is 415 g/mol. The van der Waals surface area contributed by atoms with Crippen molar-refractivity contribution in [2.24, 2.45) is 0 Å². The lowest BCUT2D eigenvalue weighted by Gasteiger charge is -2.46. The van der Waals surface area contributed by atoms with E-state index in [1.54, 1.807) is 6.07 Å². The van der Waals surface area contributed by atoms with Gasteiger partial charge in [-0.15, -0.1) is 0 Å². The van der Waals surface area contributed by atoms with Crippen molar-refractivity contribution in [2.45, 2.75) is 37.6 Å². The Morgan fingerprint density at radius 1 is 1.18 bits per heavy atom. The highest BCUT2D eigenvalue weighted by Gasteiger charge is 2.37. The summed E-state index contributed by atoms with van der Waals surface area (Å²) in [4.78, 5) is 20.7. The molecule has 1 aliphatic heterocycles.